The fraction of sp³-hybridized carbons (Fsp3) is 0.727. The van der Waals surface area contributed by atoms with Crippen molar-refractivity contribution in [2.45, 2.75) is 13.5 Å². The zero-order valence-electron chi connectivity index (χ0n) is 9.83. The summed E-state index contributed by atoms with van der Waals surface area (Å²) >= 11 is 1.78. The molecule has 90 valence electrons. The molecule has 1 aliphatic heterocycles. The Balaban J connectivity index is 1.57. The van der Waals surface area contributed by atoms with Gasteiger partial charge in [-0.1, -0.05) is 0 Å². The van der Waals surface area contributed by atoms with Crippen molar-refractivity contribution in [1.29, 1.82) is 0 Å². The highest BCUT2D eigenvalue weighted by molar-refractivity contribution is 7.11. The van der Waals surface area contributed by atoms with Crippen LogP contribution in [-0.2, 0) is 6.54 Å². The Labute approximate surface area is 101 Å². The number of nitrogens with zero attached hydrogens (tertiary/aromatic N) is 2. The van der Waals surface area contributed by atoms with E-state index in [-0.39, 0.29) is 0 Å². The Morgan fingerprint density at radius 1 is 1.50 bits per heavy atom. The first-order valence-electron chi connectivity index (χ1n) is 5.90. The maximum atomic E-state index is 4.25. The van der Waals surface area contributed by atoms with Gasteiger partial charge in [0.05, 0.1) is 5.01 Å². The number of thiazole rings is 1. The lowest BCUT2D eigenvalue weighted by Crippen LogP contribution is -2.45. The van der Waals surface area contributed by atoms with Gasteiger partial charge in [-0.3, -0.25) is 4.90 Å². The number of rotatable bonds is 5. The van der Waals surface area contributed by atoms with E-state index in [1.165, 1.54) is 18.0 Å². The molecule has 0 bridgehead atoms. The van der Waals surface area contributed by atoms with E-state index < -0.39 is 0 Å². The van der Waals surface area contributed by atoms with Crippen molar-refractivity contribution in [2.24, 2.45) is 0 Å². The smallest absolute Gasteiger partial charge is 0.0897 e. The molecule has 0 unspecified atom stereocenters. The summed E-state index contributed by atoms with van der Waals surface area (Å²) in [5, 5.41) is 7.99. The Morgan fingerprint density at radius 3 is 3.00 bits per heavy atom. The molecule has 2 heterocycles. The van der Waals surface area contributed by atoms with Gasteiger partial charge >= 0.3 is 0 Å². The van der Waals surface area contributed by atoms with Crippen LogP contribution < -0.4 is 10.6 Å². The van der Waals surface area contributed by atoms with Gasteiger partial charge in [-0.2, -0.15) is 0 Å². The molecule has 0 amide bonds. The topological polar surface area (TPSA) is 40.2 Å². The molecule has 2 N–H and O–H groups in total. The van der Waals surface area contributed by atoms with Gasteiger partial charge in [0.1, 0.15) is 0 Å². The van der Waals surface area contributed by atoms with Crippen molar-refractivity contribution in [1.82, 2.24) is 20.5 Å². The van der Waals surface area contributed by atoms with Gasteiger partial charge in [-0.05, 0) is 6.92 Å². The van der Waals surface area contributed by atoms with Crippen molar-refractivity contribution in [3.05, 3.63) is 16.1 Å². The summed E-state index contributed by atoms with van der Waals surface area (Å²) in [5.74, 6) is 0. The molecule has 0 spiro atoms. The van der Waals surface area contributed by atoms with Crippen molar-refractivity contribution in [3.8, 4) is 0 Å². The van der Waals surface area contributed by atoms with Crippen LogP contribution in [0.3, 0.4) is 0 Å². The minimum absolute atomic E-state index is 0.956. The van der Waals surface area contributed by atoms with Gasteiger partial charge in [0.25, 0.3) is 0 Å². The second kappa shape index (κ2) is 6.30. The summed E-state index contributed by atoms with van der Waals surface area (Å²) < 4.78 is 0. The first-order chi connectivity index (χ1) is 7.84. The van der Waals surface area contributed by atoms with E-state index in [1.54, 1.807) is 11.3 Å². The number of aryl methyl sites for hydroxylation is 1. The third-order valence-corrected chi connectivity index (χ3v) is 3.70. The standard InChI is InChI=1S/C11H20N4S/c1-10-14-9-11(16-10)8-13-4-7-15-5-2-12-3-6-15/h9,12-13H,2-8H2,1H3. The Kier molecular flexibility index (Phi) is 4.71. The maximum absolute atomic E-state index is 4.25. The molecule has 0 saturated carbocycles. The fourth-order valence-electron chi connectivity index (χ4n) is 1.87. The van der Waals surface area contributed by atoms with Gasteiger partial charge in [-0.25, -0.2) is 4.98 Å². The van der Waals surface area contributed by atoms with Crippen LogP contribution in [-0.4, -0.2) is 49.2 Å². The molecule has 5 heteroatoms. The monoisotopic (exact) mass is 240 g/mol. The third kappa shape index (κ3) is 3.83. The summed E-state index contributed by atoms with van der Waals surface area (Å²) in [5.41, 5.74) is 0. The predicted octanol–water partition coefficient (Wildman–Crippen LogP) is 0.446. The quantitative estimate of drug-likeness (QED) is 0.733. The van der Waals surface area contributed by atoms with Crippen LogP contribution in [0.4, 0.5) is 0 Å². The normalized spacial score (nSPS) is 17.8. The van der Waals surface area contributed by atoms with Crippen molar-refractivity contribution in [2.75, 3.05) is 39.3 Å². The molecule has 1 fully saturated rings. The van der Waals surface area contributed by atoms with E-state index in [0.717, 1.165) is 37.7 Å². The number of piperazine rings is 1. The van der Waals surface area contributed by atoms with E-state index >= 15 is 0 Å². The van der Waals surface area contributed by atoms with Crippen LogP contribution >= 0.6 is 11.3 Å². The second-order valence-corrected chi connectivity index (χ2v) is 5.43. The average Bonchev–Trinajstić information content (AvgIpc) is 2.72. The molecule has 0 atom stereocenters. The van der Waals surface area contributed by atoms with Gasteiger partial charge in [0.15, 0.2) is 0 Å². The van der Waals surface area contributed by atoms with E-state index in [1.807, 2.05) is 6.20 Å². The third-order valence-electron chi connectivity index (χ3n) is 2.78. The van der Waals surface area contributed by atoms with E-state index in [4.69, 9.17) is 0 Å². The van der Waals surface area contributed by atoms with Gasteiger partial charge in [0.2, 0.25) is 0 Å². The molecular weight excluding hydrogens is 220 g/mol. The first-order valence-corrected chi connectivity index (χ1v) is 6.71. The minimum atomic E-state index is 0.956. The molecule has 0 radical (unpaired) electrons. The summed E-state index contributed by atoms with van der Waals surface area (Å²) in [7, 11) is 0. The van der Waals surface area contributed by atoms with Crippen LogP contribution in [0.1, 0.15) is 9.88 Å². The Bertz CT molecular complexity index is 307. The van der Waals surface area contributed by atoms with E-state index in [2.05, 4.69) is 27.4 Å². The van der Waals surface area contributed by atoms with E-state index in [0.29, 0.717) is 0 Å². The molecule has 16 heavy (non-hydrogen) atoms. The molecule has 0 aromatic carbocycles. The zero-order valence-corrected chi connectivity index (χ0v) is 10.6. The summed E-state index contributed by atoms with van der Waals surface area (Å²) in [4.78, 5) is 8.08. The number of hydrogen-bond acceptors (Lipinski definition) is 5. The molecular formula is C11H20N4S. The Morgan fingerprint density at radius 2 is 2.31 bits per heavy atom. The van der Waals surface area contributed by atoms with Crippen LogP contribution in [0, 0.1) is 6.92 Å². The first kappa shape index (κ1) is 12.0. The molecule has 0 aliphatic carbocycles. The van der Waals surface area contributed by atoms with E-state index in [9.17, 15) is 0 Å². The van der Waals surface area contributed by atoms with Gasteiger partial charge < -0.3 is 10.6 Å². The van der Waals surface area contributed by atoms with Crippen LogP contribution in [0.2, 0.25) is 0 Å². The minimum Gasteiger partial charge on any atom is -0.314 e. The largest absolute Gasteiger partial charge is 0.314 e. The second-order valence-electron chi connectivity index (χ2n) is 4.11. The summed E-state index contributed by atoms with van der Waals surface area (Å²) in [6, 6.07) is 0. The summed E-state index contributed by atoms with van der Waals surface area (Å²) in [6.07, 6.45) is 1.97. The molecule has 1 aromatic rings. The lowest BCUT2D eigenvalue weighted by molar-refractivity contribution is 0.241. The van der Waals surface area contributed by atoms with Crippen molar-refractivity contribution >= 4 is 11.3 Å². The van der Waals surface area contributed by atoms with Crippen LogP contribution in [0.25, 0.3) is 0 Å². The molecule has 2 rings (SSSR count). The highest BCUT2D eigenvalue weighted by atomic mass is 32.1. The van der Waals surface area contributed by atoms with Crippen LogP contribution in [0.15, 0.2) is 6.20 Å². The lowest BCUT2D eigenvalue weighted by Gasteiger charge is -2.27. The van der Waals surface area contributed by atoms with Gasteiger partial charge in [0, 0.05) is 56.9 Å². The zero-order chi connectivity index (χ0) is 11.2. The highest BCUT2D eigenvalue weighted by Crippen LogP contribution is 2.10. The fourth-order valence-corrected chi connectivity index (χ4v) is 2.64. The lowest BCUT2D eigenvalue weighted by atomic mass is 10.3. The van der Waals surface area contributed by atoms with Crippen molar-refractivity contribution in [3.63, 3.8) is 0 Å². The predicted molar refractivity (Wildman–Crippen MR) is 67.9 cm³/mol. The highest BCUT2D eigenvalue weighted by Gasteiger charge is 2.08. The van der Waals surface area contributed by atoms with Gasteiger partial charge in [-0.15, -0.1) is 11.3 Å². The number of hydrogen-bond donors (Lipinski definition) is 2. The SMILES string of the molecule is Cc1ncc(CNCCN2CCNCC2)s1. The number of aromatic nitrogens is 1. The molecule has 1 saturated heterocycles. The Hall–Kier alpha value is -0.490. The average molecular weight is 240 g/mol. The molecule has 4 nitrogen and oxygen atoms in total. The summed E-state index contributed by atoms with van der Waals surface area (Å²) in [6.45, 7) is 9.85. The molecule has 1 aromatic heterocycles. The number of nitrogens with one attached hydrogen (secondary N) is 2. The molecule has 1 aliphatic rings. The van der Waals surface area contributed by atoms with Crippen LogP contribution in [0.5, 0.6) is 0 Å². The van der Waals surface area contributed by atoms with Crippen molar-refractivity contribution < 1.29 is 0 Å². The maximum Gasteiger partial charge on any atom is 0.0897 e.